The standard InChI is InChI=1S/C24H8Br4/c25-15-5-9-7-17(27)13-3-4-14-18(28)8-10-6-16(26)12-2-1-11(15)21-19(9)23(13)24(14)20(10)22(12)21/h1-8H. The van der Waals surface area contributed by atoms with Gasteiger partial charge >= 0.3 is 0 Å². The van der Waals surface area contributed by atoms with Gasteiger partial charge in [0.05, 0.1) is 0 Å². The SMILES string of the molecule is Brc1cc2cc(Br)c3ccc4c(Br)cc5cc(Br)c6ccc1c1c2c3c4c5c61. The third-order valence-electron chi connectivity index (χ3n) is 6.15. The van der Waals surface area contributed by atoms with Crippen LogP contribution in [-0.4, -0.2) is 0 Å². The van der Waals surface area contributed by atoms with E-state index in [4.69, 9.17) is 0 Å². The Kier molecular flexibility index (Phi) is 3.13. The van der Waals surface area contributed by atoms with E-state index in [1.807, 2.05) is 0 Å². The Morgan fingerprint density at radius 1 is 0.357 bits per heavy atom. The molecule has 7 rings (SSSR count). The maximum absolute atomic E-state index is 3.84. The summed E-state index contributed by atoms with van der Waals surface area (Å²) in [6.07, 6.45) is 0. The molecule has 0 unspecified atom stereocenters. The van der Waals surface area contributed by atoms with Crippen molar-refractivity contribution < 1.29 is 0 Å². The van der Waals surface area contributed by atoms with E-state index in [2.05, 4.69) is 112 Å². The molecule has 0 amide bonds. The van der Waals surface area contributed by atoms with Crippen LogP contribution in [0.4, 0.5) is 0 Å². The second-order valence-electron chi connectivity index (χ2n) is 7.45. The molecule has 7 aromatic rings. The van der Waals surface area contributed by atoms with Crippen molar-refractivity contribution in [1.82, 2.24) is 0 Å². The summed E-state index contributed by atoms with van der Waals surface area (Å²) in [5, 5.41) is 15.7. The first-order valence-electron chi connectivity index (χ1n) is 8.89. The van der Waals surface area contributed by atoms with E-state index >= 15 is 0 Å². The van der Waals surface area contributed by atoms with E-state index in [0.717, 1.165) is 17.9 Å². The molecule has 4 heteroatoms. The van der Waals surface area contributed by atoms with Crippen LogP contribution in [0.25, 0.3) is 64.6 Å². The van der Waals surface area contributed by atoms with Gasteiger partial charge in [-0.3, -0.25) is 0 Å². The molecule has 0 atom stereocenters. The van der Waals surface area contributed by atoms with Crippen molar-refractivity contribution in [2.75, 3.05) is 0 Å². The van der Waals surface area contributed by atoms with Crippen LogP contribution in [0, 0.1) is 0 Å². The van der Waals surface area contributed by atoms with Gasteiger partial charge < -0.3 is 0 Å². The third kappa shape index (κ3) is 1.78. The fourth-order valence-electron chi connectivity index (χ4n) is 5.10. The summed E-state index contributed by atoms with van der Waals surface area (Å²) in [5.74, 6) is 0. The third-order valence-corrected chi connectivity index (χ3v) is 8.77. The Morgan fingerprint density at radius 2 is 0.607 bits per heavy atom. The molecule has 0 nitrogen and oxygen atoms in total. The first kappa shape index (κ1) is 16.6. The van der Waals surface area contributed by atoms with Crippen LogP contribution in [-0.2, 0) is 0 Å². The minimum atomic E-state index is 1.14. The van der Waals surface area contributed by atoms with Gasteiger partial charge in [0.1, 0.15) is 0 Å². The van der Waals surface area contributed by atoms with E-state index < -0.39 is 0 Å². The van der Waals surface area contributed by atoms with Crippen molar-refractivity contribution in [3.63, 3.8) is 0 Å². The first-order valence-corrected chi connectivity index (χ1v) is 12.1. The van der Waals surface area contributed by atoms with E-state index in [1.165, 1.54) is 64.6 Å². The summed E-state index contributed by atoms with van der Waals surface area (Å²) >= 11 is 15.3. The summed E-state index contributed by atoms with van der Waals surface area (Å²) in [5.41, 5.74) is 0. The number of rotatable bonds is 0. The summed E-state index contributed by atoms with van der Waals surface area (Å²) in [6, 6.07) is 18.0. The lowest BCUT2D eigenvalue weighted by atomic mass is 9.83. The molecule has 0 radical (unpaired) electrons. The Balaban J connectivity index is 2.08. The predicted octanol–water partition coefficient (Wildman–Crippen LogP) is 9.97. The fourth-order valence-corrected chi connectivity index (χ4v) is 7.40. The van der Waals surface area contributed by atoms with Gasteiger partial charge in [-0.1, -0.05) is 88.0 Å². The van der Waals surface area contributed by atoms with Crippen molar-refractivity contribution >= 4 is 128 Å². The average Bonchev–Trinajstić information content (AvgIpc) is 2.67. The van der Waals surface area contributed by atoms with Crippen molar-refractivity contribution in [2.24, 2.45) is 0 Å². The fraction of sp³-hybridized carbons (Fsp3) is 0. The number of hydrogen-bond acceptors (Lipinski definition) is 0. The summed E-state index contributed by atoms with van der Waals surface area (Å²) in [6.45, 7) is 0. The van der Waals surface area contributed by atoms with Gasteiger partial charge in [0, 0.05) is 17.9 Å². The molecule has 7 aromatic carbocycles. The van der Waals surface area contributed by atoms with Crippen LogP contribution in [0.15, 0.2) is 66.4 Å². The second kappa shape index (κ2) is 5.28. The Hall–Kier alpha value is -1.20. The highest BCUT2D eigenvalue weighted by Crippen LogP contribution is 2.52. The summed E-state index contributed by atoms with van der Waals surface area (Å²) in [7, 11) is 0. The molecule has 132 valence electrons. The van der Waals surface area contributed by atoms with Gasteiger partial charge in [0.15, 0.2) is 0 Å². The zero-order valence-electron chi connectivity index (χ0n) is 14.1. The molecule has 0 spiro atoms. The lowest BCUT2D eigenvalue weighted by Gasteiger charge is -2.22. The van der Waals surface area contributed by atoms with Crippen LogP contribution in [0.2, 0.25) is 0 Å². The highest BCUT2D eigenvalue weighted by atomic mass is 79.9. The lowest BCUT2D eigenvalue weighted by molar-refractivity contribution is 1.73. The highest BCUT2D eigenvalue weighted by molar-refractivity contribution is 9.11. The van der Waals surface area contributed by atoms with Crippen molar-refractivity contribution in [3.05, 3.63) is 66.4 Å². The van der Waals surface area contributed by atoms with Gasteiger partial charge in [-0.15, -0.1) is 0 Å². The van der Waals surface area contributed by atoms with E-state index in [0.29, 0.717) is 0 Å². The van der Waals surface area contributed by atoms with Crippen LogP contribution in [0.5, 0.6) is 0 Å². The maximum atomic E-state index is 3.84. The molecule has 0 aliphatic rings. The molecule has 0 aliphatic carbocycles. The monoisotopic (exact) mass is 612 g/mol. The normalized spacial score (nSPS) is 13.0. The minimum absolute atomic E-state index is 1.14. The Morgan fingerprint density at radius 3 is 0.857 bits per heavy atom. The van der Waals surface area contributed by atoms with Gasteiger partial charge in [0.2, 0.25) is 0 Å². The quantitative estimate of drug-likeness (QED) is 0.118. The summed E-state index contributed by atoms with van der Waals surface area (Å²) < 4.78 is 4.57. The van der Waals surface area contributed by atoms with Crippen molar-refractivity contribution in [1.29, 1.82) is 0 Å². The zero-order chi connectivity index (χ0) is 18.9. The molecule has 0 bridgehead atoms. The van der Waals surface area contributed by atoms with Crippen molar-refractivity contribution in [3.8, 4) is 0 Å². The van der Waals surface area contributed by atoms with Gasteiger partial charge in [-0.25, -0.2) is 0 Å². The van der Waals surface area contributed by atoms with Crippen LogP contribution in [0.1, 0.15) is 0 Å². The summed E-state index contributed by atoms with van der Waals surface area (Å²) in [4.78, 5) is 0. The Labute approximate surface area is 193 Å². The van der Waals surface area contributed by atoms with Crippen LogP contribution < -0.4 is 0 Å². The first-order chi connectivity index (χ1) is 13.5. The lowest BCUT2D eigenvalue weighted by Crippen LogP contribution is -1.94. The number of benzene rings is 7. The van der Waals surface area contributed by atoms with Crippen LogP contribution >= 0.6 is 63.7 Å². The number of hydrogen-bond donors (Lipinski definition) is 0. The Bertz CT molecular complexity index is 1490. The smallest absolute Gasteiger partial charge is 0.0260 e. The molecule has 28 heavy (non-hydrogen) atoms. The van der Waals surface area contributed by atoms with Crippen LogP contribution in [0.3, 0.4) is 0 Å². The topological polar surface area (TPSA) is 0 Å². The molecule has 0 saturated heterocycles. The molecule has 0 saturated carbocycles. The van der Waals surface area contributed by atoms with Crippen molar-refractivity contribution in [2.45, 2.75) is 0 Å². The highest BCUT2D eigenvalue weighted by Gasteiger charge is 2.23. The second-order valence-corrected chi connectivity index (χ2v) is 10.9. The molecule has 0 aromatic heterocycles. The molecule has 0 fully saturated rings. The minimum Gasteiger partial charge on any atom is -0.0525 e. The molecule has 0 N–H and O–H groups in total. The van der Waals surface area contributed by atoms with Gasteiger partial charge in [-0.05, 0) is 88.9 Å². The molecule has 0 heterocycles. The van der Waals surface area contributed by atoms with Gasteiger partial charge in [-0.2, -0.15) is 0 Å². The zero-order valence-corrected chi connectivity index (χ0v) is 20.5. The molecular weight excluding hydrogens is 608 g/mol. The van der Waals surface area contributed by atoms with E-state index in [9.17, 15) is 0 Å². The predicted molar refractivity (Wildman–Crippen MR) is 136 cm³/mol. The number of halogens is 4. The van der Waals surface area contributed by atoms with E-state index in [-0.39, 0.29) is 0 Å². The maximum Gasteiger partial charge on any atom is 0.0260 e. The molecular formula is C24H8Br4. The largest absolute Gasteiger partial charge is 0.0525 e. The van der Waals surface area contributed by atoms with E-state index in [1.54, 1.807) is 0 Å². The van der Waals surface area contributed by atoms with Gasteiger partial charge in [0.25, 0.3) is 0 Å². The molecule has 0 aliphatic heterocycles. The average molecular weight is 616 g/mol.